The average molecular weight is 240 g/mol. The number of hydrogen-bond donors (Lipinski definition) is 1. The highest BCUT2D eigenvalue weighted by atomic mass is 32.2. The van der Waals surface area contributed by atoms with E-state index in [-0.39, 0.29) is 5.54 Å². The van der Waals surface area contributed by atoms with Gasteiger partial charge in [-0.25, -0.2) is 0 Å². The van der Waals surface area contributed by atoms with Crippen molar-refractivity contribution < 1.29 is 4.42 Å². The average Bonchev–Trinajstić information content (AvgIpc) is 2.88. The fourth-order valence-corrected chi connectivity index (χ4v) is 3.82. The summed E-state index contributed by atoms with van der Waals surface area (Å²) in [6.07, 6.45) is 4.72. The Bertz CT molecular complexity index is 328. The molecule has 2 rings (SSSR count). The molecule has 4 heteroatoms. The zero-order chi connectivity index (χ0) is 11.6. The first-order chi connectivity index (χ1) is 7.66. The Balaban J connectivity index is 2.04. The Morgan fingerprint density at radius 2 is 2.50 bits per heavy atom. The second kappa shape index (κ2) is 4.82. The molecule has 16 heavy (non-hydrogen) atoms. The standard InChI is InChI=1S/C12H20N2OS/c1-10-5-12(8-13,9-16-10)14(2)6-11-3-4-15-7-11/h3-4,7,10H,5-6,8-9,13H2,1-2H3. The molecule has 0 aromatic carbocycles. The molecule has 1 fully saturated rings. The van der Waals surface area contributed by atoms with Crippen LogP contribution in [0, 0.1) is 0 Å². The molecule has 2 heterocycles. The highest BCUT2D eigenvalue weighted by Gasteiger charge is 2.40. The van der Waals surface area contributed by atoms with Crippen LogP contribution in [0.25, 0.3) is 0 Å². The third kappa shape index (κ3) is 2.29. The predicted molar refractivity (Wildman–Crippen MR) is 68.5 cm³/mol. The molecule has 1 aromatic heterocycles. The topological polar surface area (TPSA) is 42.4 Å². The lowest BCUT2D eigenvalue weighted by atomic mass is 9.94. The molecule has 1 saturated heterocycles. The van der Waals surface area contributed by atoms with E-state index < -0.39 is 0 Å². The number of thioether (sulfide) groups is 1. The van der Waals surface area contributed by atoms with Crippen molar-refractivity contribution in [3.63, 3.8) is 0 Å². The Kier molecular flexibility index (Phi) is 3.62. The highest BCUT2D eigenvalue weighted by molar-refractivity contribution is 8.00. The lowest BCUT2D eigenvalue weighted by Gasteiger charge is -2.37. The Hall–Kier alpha value is -0.450. The molecule has 1 aliphatic rings. The van der Waals surface area contributed by atoms with Crippen LogP contribution in [0.1, 0.15) is 18.9 Å². The Labute approximate surface area is 101 Å². The van der Waals surface area contributed by atoms with E-state index in [1.54, 1.807) is 6.26 Å². The molecule has 1 aromatic rings. The molecule has 0 spiro atoms. The van der Waals surface area contributed by atoms with Crippen LogP contribution in [0.3, 0.4) is 0 Å². The zero-order valence-corrected chi connectivity index (χ0v) is 10.8. The SMILES string of the molecule is CC1CC(CN)(N(C)Cc2ccoc2)CS1. The lowest BCUT2D eigenvalue weighted by Crippen LogP contribution is -2.52. The van der Waals surface area contributed by atoms with Crippen LogP contribution in [0.15, 0.2) is 23.0 Å². The molecule has 90 valence electrons. The summed E-state index contributed by atoms with van der Waals surface area (Å²) < 4.78 is 5.10. The summed E-state index contributed by atoms with van der Waals surface area (Å²) in [6, 6.07) is 2.02. The molecule has 0 saturated carbocycles. The molecule has 0 radical (unpaired) electrons. The van der Waals surface area contributed by atoms with Crippen molar-refractivity contribution in [2.45, 2.75) is 30.7 Å². The van der Waals surface area contributed by atoms with Gasteiger partial charge in [0.25, 0.3) is 0 Å². The normalized spacial score (nSPS) is 30.1. The van der Waals surface area contributed by atoms with E-state index in [0.717, 1.165) is 24.1 Å². The first-order valence-corrected chi connectivity index (χ1v) is 6.75. The van der Waals surface area contributed by atoms with Crippen molar-refractivity contribution in [3.8, 4) is 0 Å². The molecule has 0 aliphatic carbocycles. The van der Waals surface area contributed by atoms with Gasteiger partial charge in [0.15, 0.2) is 0 Å². The summed E-state index contributed by atoms with van der Waals surface area (Å²) in [5, 5.41) is 0.718. The van der Waals surface area contributed by atoms with E-state index in [1.807, 2.05) is 24.1 Å². The van der Waals surface area contributed by atoms with Crippen LogP contribution in [0.5, 0.6) is 0 Å². The van der Waals surface area contributed by atoms with Crippen LogP contribution >= 0.6 is 11.8 Å². The van der Waals surface area contributed by atoms with Crippen molar-refractivity contribution in [1.29, 1.82) is 0 Å². The van der Waals surface area contributed by atoms with E-state index in [4.69, 9.17) is 10.2 Å². The minimum Gasteiger partial charge on any atom is -0.472 e. The molecule has 0 bridgehead atoms. The van der Waals surface area contributed by atoms with Crippen molar-refractivity contribution in [1.82, 2.24) is 4.90 Å². The van der Waals surface area contributed by atoms with Gasteiger partial charge in [-0.15, -0.1) is 0 Å². The Morgan fingerprint density at radius 3 is 3.00 bits per heavy atom. The van der Waals surface area contributed by atoms with Crippen LogP contribution in [-0.4, -0.2) is 35.0 Å². The summed E-state index contributed by atoms with van der Waals surface area (Å²) in [6.45, 7) is 3.94. The van der Waals surface area contributed by atoms with Crippen LogP contribution in [-0.2, 0) is 6.54 Å². The van der Waals surface area contributed by atoms with Gasteiger partial charge in [-0.2, -0.15) is 11.8 Å². The summed E-state index contributed by atoms with van der Waals surface area (Å²) in [5.41, 5.74) is 7.37. The third-order valence-corrected chi connectivity index (χ3v) is 4.93. The number of nitrogens with two attached hydrogens (primary N) is 1. The maximum absolute atomic E-state index is 5.98. The van der Waals surface area contributed by atoms with E-state index in [1.165, 1.54) is 12.0 Å². The fourth-order valence-electron chi connectivity index (χ4n) is 2.34. The number of nitrogens with zero attached hydrogens (tertiary/aromatic N) is 1. The molecular weight excluding hydrogens is 220 g/mol. The maximum atomic E-state index is 5.98. The quantitative estimate of drug-likeness (QED) is 0.873. The zero-order valence-electron chi connectivity index (χ0n) is 9.98. The van der Waals surface area contributed by atoms with Crippen LogP contribution in [0.4, 0.5) is 0 Å². The third-order valence-electron chi connectivity index (χ3n) is 3.49. The van der Waals surface area contributed by atoms with Gasteiger partial charge in [-0.1, -0.05) is 6.92 Å². The number of rotatable bonds is 4. The van der Waals surface area contributed by atoms with Gasteiger partial charge in [-0.05, 0) is 19.5 Å². The second-order valence-corrected chi connectivity index (χ2v) is 6.17. The van der Waals surface area contributed by atoms with Crippen molar-refractivity contribution in [3.05, 3.63) is 24.2 Å². The maximum Gasteiger partial charge on any atom is 0.0947 e. The minimum absolute atomic E-state index is 0.168. The number of likely N-dealkylation sites (N-methyl/N-ethyl adjacent to an activating group) is 1. The van der Waals surface area contributed by atoms with E-state index in [9.17, 15) is 0 Å². The molecule has 0 amide bonds. The molecule has 2 N–H and O–H groups in total. The minimum atomic E-state index is 0.168. The molecular formula is C12H20N2OS. The highest BCUT2D eigenvalue weighted by Crippen LogP contribution is 2.37. The molecule has 3 nitrogen and oxygen atoms in total. The second-order valence-electron chi connectivity index (χ2n) is 4.74. The monoisotopic (exact) mass is 240 g/mol. The van der Waals surface area contributed by atoms with E-state index in [2.05, 4.69) is 18.9 Å². The largest absolute Gasteiger partial charge is 0.472 e. The number of hydrogen-bond acceptors (Lipinski definition) is 4. The first-order valence-electron chi connectivity index (χ1n) is 5.70. The van der Waals surface area contributed by atoms with E-state index in [0.29, 0.717) is 0 Å². The van der Waals surface area contributed by atoms with Gasteiger partial charge in [0, 0.05) is 35.2 Å². The summed E-state index contributed by atoms with van der Waals surface area (Å²) in [4.78, 5) is 2.38. The van der Waals surface area contributed by atoms with Gasteiger partial charge >= 0.3 is 0 Å². The lowest BCUT2D eigenvalue weighted by molar-refractivity contribution is 0.138. The van der Waals surface area contributed by atoms with Gasteiger partial charge in [-0.3, -0.25) is 4.90 Å². The molecule has 1 aliphatic heterocycles. The summed E-state index contributed by atoms with van der Waals surface area (Å²) in [7, 11) is 2.17. The smallest absolute Gasteiger partial charge is 0.0947 e. The molecule has 2 unspecified atom stereocenters. The summed E-state index contributed by atoms with van der Waals surface area (Å²) >= 11 is 2.02. The first kappa shape index (κ1) is 12.0. The van der Waals surface area contributed by atoms with Crippen LogP contribution in [0.2, 0.25) is 0 Å². The molecule has 2 atom stereocenters. The van der Waals surface area contributed by atoms with Crippen LogP contribution < -0.4 is 5.73 Å². The number of furan rings is 1. The van der Waals surface area contributed by atoms with Gasteiger partial charge in [0.05, 0.1) is 12.5 Å². The predicted octanol–water partition coefficient (Wildman–Crippen LogP) is 1.93. The van der Waals surface area contributed by atoms with Crippen molar-refractivity contribution in [2.24, 2.45) is 5.73 Å². The van der Waals surface area contributed by atoms with Crippen molar-refractivity contribution in [2.75, 3.05) is 19.3 Å². The van der Waals surface area contributed by atoms with E-state index >= 15 is 0 Å². The van der Waals surface area contributed by atoms with Gasteiger partial charge < -0.3 is 10.2 Å². The van der Waals surface area contributed by atoms with Gasteiger partial charge in [0.1, 0.15) is 0 Å². The van der Waals surface area contributed by atoms with Gasteiger partial charge in [0.2, 0.25) is 0 Å². The fraction of sp³-hybridized carbons (Fsp3) is 0.667. The van der Waals surface area contributed by atoms with Crippen molar-refractivity contribution >= 4 is 11.8 Å². The Morgan fingerprint density at radius 1 is 1.69 bits per heavy atom. The summed E-state index contributed by atoms with van der Waals surface area (Å²) in [5.74, 6) is 1.14.